The van der Waals surface area contributed by atoms with Gasteiger partial charge >= 0.3 is 0 Å². The van der Waals surface area contributed by atoms with Crippen LogP contribution >= 0.6 is 0 Å². The highest BCUT2D eigenvalue weighted by Gasteiger charge is 2.30. The van der Waals surface area contributed by atoms with Crippen LogP contribution in [0.25, 0.3) is 0 Å². The maximum atomic E-state index is 12.7. The van der Waals surface area contributed by atoms with Crippen molar-refractivity contribution in [3.8, 4) is 5.75 Å². The van der Waals surface area contributed by atoms with Crippen LogP contribution in [0, 0.1) is 11.8 Å². The van der Waals surface area contributed by atoms with Crippen LogP contribution in [0.3, 0.4) is 0 Å². The van der Waals surface area contributed by atoms with Crippen LogP contribution in [0.5, 0.6) is 5.75 Å². The van der Waals surface area contributed by atoms with E-state index in [1.165, 1.54) is 19.3 Å². The minimum Gasteiger partial charge on any atom is -0.484 e. The molecule has 0 spiro atoms. The lowest BCUT2D eigenvalue weighted by molar-refractivity contribution is -0.137. The Morgan fingerprint density at radius 2 is 1.68 bits per heavy atom. The largest absolute Gasteiger partial charge is 0.484 e. The van der Waals surface area contributed by atoms with Crippen LogP contribution in [0.15, 0.2) is 24.3 Å². The van der Waals surface area contributed by atoms with E-state index in [1.807, 2.05) is 11.0 Å². The van der Waals surface area contributed by atoms with Crippen molar-refractivity contribution in [1.82, 2.24) is 10.2 Å². The van der Waals surface area contributed by atoms with Gasteiger partial charge in [-0.2, -0.15) is 0 Å². The molecular weight excluding hydrogens is 394 g/mol. The first-order chi connectivity index (χ1) is 15.1. The van der Waals surface area contributed by atoms with Crippen molar-refractivity contribution in [2.24, 2.45) is 11.8 Å². The molecule has 2 aliphatic carbocycles. The Hall–Kier alpha value is -2.57. The number of carbonyl (C=O) groups is 3. The molecule has 1 heterocycles. The van der Waals surface area contributed by atoms with Crippen molar-refractivity contribution in [3.05, 3.63) is 24.3 Å². The maximum Gasteiger partial charge on any atom is 0.258 e. The van der Waals surface area contributed by atoms with E-state index in [1.54, 1.807) is 18.2 Å². The van der Waals surface area contributed by atoms with Gasteiger partial charge in [0.2, 0.25) is 11.8 Å². The Labute approximate surface area is 183 Å². The molecule has 168 valence electrons. The third-order valence-electron chi connectivity index (χ3n) is 6.55. The number of rotatable bonds is 7. The lowest BCUT2D eigenvalue weighted by atomic mass is 9.87. The van der Waals surface area contributed by atoms with Gasteiger partial charge in [-0.15, -0.1) is 0 Å². The molecule has 2 saturated carbocycles. The summed E-state index contributed by atoms with van der Waals surface area (Å²) in [4.78, 5) is 38.9. The summed E-state index contributed by atoms with van der Waals surface area (Å²) in [7, 11) is 0. The Morgan fingerprint density at radius 1 is 0.935 bits per heavy atom. The van der Waals surface area contributed by atoms with Crippen LogP contribution in [-0.2, 0) is 14.4 Å². The number of piperidine rings is 1. The molecule has 3 aliphatic rings. The molecule has 2 N–H and O–H groups in total. The number of carbonyl (C=O) groups excluding carboxylic acids is 3. The second-order valence-electron chi connectivity index (χ2n) is 9.08. The fraction of sp³-hybridized carbons (Fsp3) is 0.625. The van der Waals surface area contributed by atoms with Crippen LogP contribution in [0.1, 0.15) is 57.8 Å². The number of ether oxygens (including phenoxy) is 1. The Bertz CT molecular complexity index is 794. The Kier molecular flexibility index (Phi) is 7.10. The van der Waals surface area contributed by atoms with Gasteiger partial charge < -0.3 is 20.3 Å². The molecule has 0 aromatic heterocycles. The first-order valence-electron chi connectivity index (χ1n) is 11.7. The second-order valence-corrected chi connectivity index (χ2v) is 9.08. The lowest BCUT2D eigenvalue weighted by Crippen LogP contribution is -2.49. The summed E-state index contributed by atoms with van der Waals surface area (Å²) in [6.45, 7) is 1.36. The fourth-order valence-corrected chi connectivity index (χ4v) is 4.52. The predicted octanol–water partition coefficient (Wildman–Crippen LogP) is 3.10. The molecule has 7 nitrogen and oxygen atoms in total. The van der Waals surface area contributed by atoms with Crippen molar-refractivity contribution < 1.29 is 19.1 Å². The summed E-state index contributed by atoms with van der Waals surface area (Å²) >= 11 is 0. The molecule has 1 saturated heterocycles. The van der Waals surface area contributed by atoms with Crippen molar-refractivity contribution in [2.45, 2.75) is 63.8 Å². The number of anilines is 1. The second kappa shape index (κ2) is 10.2. The molecule has 0 bridgehead atoms. The van der Waals surface area contributed by atoms with Crippen molar-refractivity contribution in [2.75, 3.05) is 25.0 Å². The minimum absolute atomic E-state index is 0.0446. The normalized spacial score (nSPS) is 20.2. The van der Waals surface area contributed by atoms with Gasteiger partial charge in [0.05, 0.1) is 0 Å². The van der Waals surface area contributed by atoms with E-state index in [2.05, 4.69) is 10.6 Å². The van der Waals surface area contributed by atoms with Crippen LogP contribution in [0.2, 0.25) is 0 Å². The number of amides is 3. The van der Waals surface area contributed by atoms with Gasteiger partial charge in [-0.1, -0.05) is 25.3 Å². The maximum absolute atomic E-state index is 12.7. The monoisotopic (exact) mass is 427 g/mol. The number of hydrogen-bond donors (Lipinski definition) is 2. The number of nitrogens with zero attached hydrogens (tertiary/aromatic N) is 1. The van der Waals surface area contributed by atoms with Gasteiger partial charge in [-0.3, -0.25) is 14.4 Å². The van der Waals surface area contributed by atoms with Crippen LogP contribution in [-0.4, -0.2) is 48.4 Å². The third kappa shape index (κ3) is 6.21. The standard InChI is InChI=1S/C24H33N3O4/c28-22(16-31-21-8-4-7-20(15-21)26-23(29)17-9-10-17)25-19-11-13-27(14-12-19)24(30)18-5-2-1-3-6-18/h4,7-8,15,17-19H,1-3,5-6,9-14,16H2,(H,25,28)(H,26,29). The predicted molar refractivity (Wildman–Crippen MR) is 118 cm³/mol. The lowest BCUT2D eigenvalue weighted by Gasteiger charge is -2.35. The Morgan fingerprint density at radius 3 is 2.39 bits per heavy atom. The van der Waals surface area contributed by atoms with E-state index < -0.39 is 0 Å². The quantitative estimate of drug-likeness (QED) is 0.700. The van der Waals surface area contributed by atoms with Gasteiger partial charge in [0.25, 0.3) is 5.91 Å². The topological polar surface area (TPSA) is 87.7 Å². The zero-order valence-corrected chi connectivity index (χ0v) is 18.1. The first kappa shape index (κ1) is 21.7. The summed E-state index contributed by atoms with van der Waals surface area (Å²) in [5, 5.41) is 5.91. The van der Waals surface area contributed by atoms with Crippen LogP contribution < -0.4 is 15.4 Å². The van der Waals surface area contributed by atoms with Crippen molar-refractivity contribution in [1.29, 1.82) is 0 Å². The van der Waals surface area contributed by atoms with Gasteiger partial charge in [0.1, 0.15) is 5.75 Å². The molecule has 0 atom stereocenters. The van der Waals surface area contributed by atoms with Gasteiger partial charge in [-0.25, -0.2) is 0 Å². The molecule has 1 aromatic rings. The van der Waals surface area contributed by atoms with Crippen molar-refractivity contribution in [3.63, 3.8) is 0 Å². The zero-order valence-electron chi connectivity index (χ0n) is 18.1. The van der Waals surface area contributed by atoms with E-state index in [-0.39, 0.29) is 36.3 Å². The highest BCUT2D eigenvalue weighted by Crippen LogP contribution is 2.30. The average Bonchev–Trinajstić information content (AvgIpc) is 3.64. The smallest absolute Gasteiger partial charge is 0.258 e. The molecule has 3 amide bonds. The summed E-state index contributed by atoms with van der Waals surface area (Å²) in [6.07, 6.45) is 9.11. The van der Waals surface area contributed by atoms with Crippen molar-refractivity contribution >= 4 is 23.4 Å². The van der Waals surface area contributed by atoms with E-state index in [9.17, 15) is 14.4 Å². The molecule has 31 heavy (non-hydrogen) atoms. The molecule has 1 aromatic carbocycles. The first-order valence-corrected chi connectivity index (χ1v) is 11.7. The van der Waals surface area contributed by atoms with Gasteiger partial charge in [-0.05, 0) is 50.7 Å². The number of nitrogens with one attached hydrogen (secondary N) is 2. The highest BCUT2D eigenvalue weighted by atomic mass is 16.5. The molecule has 1 aliphatic heterocycles. The summed E-state index contributed by atoms with van der Waals surface area (Å²) in [5.74, 6) is 1.09. The minimum atomic E-state index is -0.163. The zero-order chi connectivity index (χ0) is 21.6. The highest BCUT2D eigenvalue weighted by molar-refractivity contribution is 5.94. The molecule has 0 radical (unpaired) electrons. The molecular formula is C24H33N3O4. The third-order valence-corrected chi connectivity index (χ3v) is 6.55. The summed E-state index contributed by atoms with van der Waals surface area (Å²) < 4.78 is 5.62. The van der Waals surface area contributed by atoms with Crippen LogP contribution in [0.4, 0.5) is 5.69 Å². The summed E-state index contributed by atoms with van der Waals surface area (Å²) in [6, 6.07) is 7.21. The van der Waals surface area contributed by atoms with Gasteiger partial charge in [0, 0.05) is 42.7 Å². The van der Waals surface area contributed by atoms with E-state index in [0.29, 0.717) is 30.4 Å². The summed E-state index contributed by atoms with van der Waals surface area (Å²) in [5.41, 5.74) is 0.685. The molecule has 0 unspecified atom stereocenters. The number of likely N-dealkylation sites (tertiary alicyclic amines) is 1. The SMILES string of the molecule is O=C(COc1cccc(NC(=O)C2CC2)c1)NC1CCN(C(=O)C2CCCCC2)CC1. The Balaban J connectivity index is 1.17. The van der Waals surface area contributed by atoms with Gasteiger partial charge in [0.15, 0.2) is 6.61 Å². The van der Waals surface area contributed by atoms with E-state index >= 15 is 0 Å². The molecule has 4 rings (SSSR count). The molecule has 3 fully saturated rings. The fourth-order valence-electron chi connectivity index (χ4n) is 4.52. The molecule has 7 heteroatoms. The van der Waals surface area contributed by atoms with E-state index in [4.69, 9.17) is 4.74 Å². The average molecular weight is 428 g/mol. The number of hydrogen-bond acceptors (Lipinski definition) is 4. The number of benzene rings is 1. The van der Waals surface area contributed by atoms with E-state index in [0.717, 1.165) is 38.5 Å².